The van der Waals surface area contributed by atoms with Gasteiger partial charge in [0.05, 0.1) is 10.4 Å². The Balaban J connectivity index is 1.86. The van der Waals surface area contributed by atoms with Gasteiger partial charge in [0.25, 0.3) is 0 Å². The number of fused-ring (bicyclic) bond motifs is 1. The van der Waals surface area contributed by atoms with Crippen LogP contribution in [0, 0.1) is 0 Å². The third-order valence-electron chi connectivity index (χ3n) is 3.80. The summed E-state index contributed by atoms with van der Waals surface area (Å²) in [5, 5.41) is 3.98. The van der Waals surface area contributed by atoms with Crippen molar-refractivity contribution in [1.82, 2.24) is 5.16 Å². The van der Waals surface area contributed by atoms with E-state index in [9.17, 15) is 0 Å². The number of hydrogen-bond donors (Lipinski definition) is 1. The average molecular weight is 361 g/mol. The quantitative estimate of drug-likeness (QED) is 0.706. The molecule has 2 heterocycles. The Hall–Kier alpha value is -1.59. The lowest BCUT2D eigenvalue weighted by molar-refractivity contribution is 0.437. The molecule has 0 saturated heterocycles. The van der Waals surface area contributed by atoms with Crippen LogP contribution < -0.4 is 5.73 Å². The summed E-state index contributed by atoms with van der Waals surface area (Å²) >= 11 is 5.30. The van der Waals surface area contributed by atoms with Gasteiger partial charge in [-0.25, -0.2) is 0 Å². The first-order valence-electron chi connectivity index (χ1n) is 6.85. The van der Waals surface area contributed by atoms with Crippen molar-refractivity contribution in [2.24, 2.45) is 0 Å². The van der Waals surface area contributed by atoms with Crippen molar-refractivity contribution in [3.05, 3.63) is 45.2 Å². The first-order valence-corrected chi connectivity index (χ1v) is 8.46. The molecule has 2 aromatic heterocycles. The first-order chi connectivity index (χ1) is 10.2. The lowest BCUT2D eigenvalue weighted by Crippen LogP contribution is -1.88. The Labute approximate surface area is 134 Å². The fourth-order valence-corrected chi connectivity index (χ4v) is 4.47. The number of aromatic nitrogens is 1. The van der Waals surface area contributed by atoms with Crippen molar-refractivity contribution in [3.8, 4) is 21.8 Å². The Bertz CT molecular complexity index is 800. The molecule has 0 atom stereocenters. The van der Waals surface area contributed by atoms with Gasteiger partial charge in [-0.3, -0.25) is 0 Å². The van der Waals surface area contributed by atoms with E-state index in [1.807, 2.05) is 24.3 Å². The highest BCUT2D eigenvalue weighted by Gasteiger charge is 2.22. The molecule has 0 radical (unpaired) electrons. The number of nitrogen functional groups attached to an aromatic ring is 1. The number of anilines is 1. The van der Waals surface area contributed by atoms with E-state index in [1.165, 1.54) is 29.7 Å². The van der Waals surface area contributed by atoms with Gasteiger partial charge in [-0.2, -0.15) is 0 Å². The van der Waals surface area contributed by atoms with Crippen LogP contribution in [0.4, 0.5) is 5.82 Å². The van der Waals surface area contributed by atoms with Gasteiger partial charge >= 0.3 is 0 Å². The van der Waals surface area contributed by atoms with Crippen LogP contribution in [-0.4, -0.2) is 5.16 Å². The molecule has 2 N–H and O–H groups in total. The van der Waals surface area contributed by atoms with Crippen LogP contribution in [0.1, 0.15) is 16.9 Å². The van der Waals surface area contributed by atoms with E-state index in [-0.39, 0.29) is 0 Å². The van der Waals surface area contributed by atoms with Crippen molar-refractivity contribution in [2.45, 2.75) is 19.3 Å². The smallest absolute Gasteiger partial charge is 0.186 e. The third kappa shape index (κ3) is 2.21. The second-order valence-corrected chi connectivity index (χ2v) is 7.25. The lowest BCUT2D eigenvalue weighted by atomic mass is 10.0. The molecule has 0 aliphatic heterocycles. The van der Waals surface area contributed by atoms with Gasteiger partial charge in [0.2, 0.25) is 0 Å². The minimum Gasteiger partial charge on any atom is -0.380 e. The number of halogens is 1. The van der Waals surface area contributed by atoms with Gasteiger partial charge in [-0.15, -0.1) is 11.3 Å². The SMILES string of the molecule is Nc1noc(-c2cc3c(s2)CCC3)c1-c1cccc(Br)c1. The van der Waals surface area contributed by atoms with E-state index in [2.05, 4.69) is 27.2 Å². The molecule has 1 aliphatic carbocycles. The van der Waals surface area contributed by atoms with Crippen molar-refractivity contribution in [2.75, 3.05) is 5.73 Å². The maximum Gasteiger partial charge on any atom is 0.186 e. The molecule has 21 heavy (non-hydrogen) atoms. The molecule has 0 spiro atoms. The third-order valence-corrected chi connectivity index (χ3v) is 5.53. The largest absolute Gasteiger partial charge is 0.380 e. The van der Waals surface area contributed by atoms with Crippen LogP contribution in [0.3, 0.4) is 0 Å². The van der Waals surface area contributed by atoms with Gasteiger partial charge < -0.3 is 10.3 Å². The van der Waals surface area contributed by atoms with Crippen molar-refractivity contribution < 1.29 is 4.52 Å². The second kappa shape index (κ2) is 5.00. The molecule has 1 aliphatic rings. The van der Waals surface area contributed by atoms with E-state index < -0.39 is 0 Å². The van der Waals surface area contributed by atoms with Crippen LogP contribution in [0.25, 0.3) is 21.8 Å². The maximum absolute atomic E-state index is 6.04. The lowest BCUT2D eigenvalue weighted by Gasteiger charge is -2.02. The minimum absolute atomic E-state index is 0.441. The molecule has 0 fully saturated rings. The summed E-state index contributed by atoms with van der Waals surface area (Å²) in [5.74, 6) is 1.22. The molecule has 0 unspecified atom stereocenters. The molecule has 5 heteroatoms. The maximum atomic E-state index is 6.04. The number of rotatable bonds is 2. The molecule has 0 saturated carbocycles. The number of nitrogens with zero attached hydrogens (tertiary/aromatic N) is 1. The predicted octanol–water partition coefficient (Wildman–Crippen LogP) is 4.90. The van der Waals surface area contributed by atoms with Gasteiger partial charge in [-0.1, -0.05) is 33.2 Å². The zero-order valence-electron chi connectivity index (χ0n) is 11.2. The second-order valence-electron chi connectivity index (χ2n) is 5.19. The van der Waals surface area contributed by atoms with E-state index in [4.69, 9.17) is 10.3 Å². The summed E-state index contributed by atoms with van der Waals surface area (Å²) in [6.07, 6.45) is 3.61. The molecule has 0 bridgehead atoms. The van der Waals surface area contributed by atoms with E-state index in [0.29, 0.717) is 5.82 Å². The Morgan fingerprint density at radius 2 is 2.14 bits per heavy atom. The molecule has 0 amide bonds. The van der Waals surface area contributed by atoms with Crippen molar-refractivity contribution >= 4 is 33.1 Å². The molecule has 106 valence electrons. The molecule has 4 rings (SSSR count). The minimum atomic E-state index is 0.441. The van der Waals surface area contributed by atoms with Gasteiger partial charge in [-0.05, 0) is 48.6 Å². The summed E-state index contributed by atoms with van der Waals surface area (Å²) < 4.78 is 6.55. The monoisotopic (exact) mass is 360 g/mol. The highest BCUT2D eigenvalue weighted by Crippen LogP contribution is 2.43. The van der Waals surface area contributed by atoms with Crippen LogP contribution in [-0.2, 0) is 12.8 Å². The average Bonchev–Trinajstić information content (AvgIpc) is 3.11. The summed E-state index contributed by atoms with van der Waals surface area (Å²) in [6, 6.07) is 10.3. The van der Waals surface area contributed by atoms with Gasteiger partial charge in [0.1, 0.15) is 0 Å². The zero-order valence-corrected chi connectivity index (χ0v) is 13.6. The van der Waals surface area contributed by atoms with Gasteiger partial charge in [0, 0.05) is 9.35 Å². The van der Waals surface area contributed by atoms with Crippen LogP contribution >= 0.6 is 27.3 Å². The highest BCUT2D eigenvalue weighted by molar-refractivity contribution is 9.10. The Morgan fingerprint density at radius 1 is 1.24 bits per heavy atom. The van der Waals surface area contributed by atoms with Crippen LogP contribution in [0.5, 0.6) is 0 Å². The molecule has 3 nitrogen and oxygen atoms in total. The van der Waals surface area contributed by atoms with Crippen LogP contribution in [0.15, 0.2) is 39.3 Å². The van der Waals surface area contributed by atoms with Crippen molar-refractivity contribution in [1.29, 1.82) is 0 Å². The zero-order chi connectivity index (χ0) is 14.4. The Morgan fingerprint density at radius 3 is 2.95 bits per heavy atom. The highest BCUT2D eigenvalue weighted by atomic mass is 79.9. The van der Waals surface area contributed by atoms with E-state index in [1.54, 1.807) is 11.3 Å². The molecular formula is C16H13BrN2OS. The molecule has 3 aromatic rings. The summed E-state index contributed by atoms with van der Waals surface area (Å²) in [5.41, 5.74) is 9.39. The predicted molar refractivity (Wildman–Crippen MR) is 89.4 cm³/mol. The normalized spacial score (nSPS) is 13.6. The summed E-state index contributed by atoms with van der Waals surface area (Å²) in [7, 11) is 0. The standard InChI is InChI=1S/C16H13BrN2OS/c17-11-5-1-4-10(7-11)14-15(20-19-16(14)18)13-8-9-3-2-6-12(9)21-13/h1,4-5,7-8H,2-3,6H2,(H2,18,19). The van der Waals surface area contributed by atoms with E-state index in [0.717, 1.165) is 26.2 Å². The number of nitrogens with two attached hydrogens (primary N) is 1. The summed E-state index contributed by atoms with van der Waals surface area (Å²) in [6.45, 7) is 0. The fourth-order valence-electron chi connectivity index (χ4n) is 2.83. The Kier molecular flexibility index (Phi) is 3.12. The number of thiophene rings is 1. The number of hydrogen-bond acceptors (Lipinski definition) is 4. The van der Waals surface area contributed by atoms with Crippen LogP contribution in [0.2, 0.25) is 0 Å². The van der Waals surface area contributed by atoms with Crippen molar-refractivity contribution in [3.63, 3.8) is 0 Å². The summed E-state index contributed by atoms with van der Waals surface area (Å²) in [4.78, 5) is 2.60. The molecule has 1 aromatic carbocycles. The van der Waals surface area contributed by atoms with E-state index >= 15 is 0 Å². The van der Waals surface area contributed by atoms with Gasteiger partial charge in [0.15, 0.2) is 11.6 Å². The number of benzene rings is 1. The molecular weight excluding hydrogens is 348 g/mol. The number of aryl methyl sites for hydroxylation is 2. The first kappa shape index (κ1) is 13.1. The fraction of sp³-hybridized carbons (Fsp3) is 0.188. The topological polar surface area (TPSA) is 52.0 Å².